The minimum absolute atomic E-state index is 0.0161. The van der Waals surface area contributed by atoms with Gasteiger partial charge in [-0.05, 0) is 25.1 Å². The maximum Gasteiger partial charge on any atom is 0.418 e. The average molecular weight is 395 g/mol. The van der Waals surface area contributed by atoms with Crippen LogP contribution in [-0.2, 0) is 11.0 Å². The van der Waals surface area contributed by atoms with Gasteiger partial charge >= 0.3 is 11.9 Å². The van der Waals surface area contributed by atoms with E-state index in [1.165, 1.54) is 6.92 Å². The first kappa shape index (κ1) is 19.1. The molecule has 0 fully saturated rings. The number of hydrogen-bond acceptors (Lipinski definition) is 5. The molecule has 0 bridgehead atoms. The summed E-state index contributed by atoms with van der Waals surface area (Å²) in [6.07, 6.45) is -4.68. The van der Waals surface area contributed by atoms with Gasteiger partial charge in [0.15, 0.2) is 5.03 Å². The zero-order valence-corrected chi connectivity index (χ0v) is 14.0. The van der Waals surface area contributed by atoms with E-state index >= 15 is 0 Å². The monoisotopic (exact) mass is 394 g/mol. The molecule has 3 N–H and O–H groups in total. The molecule has 1 atom stereocenters. The fourth-order valence-electron chi connectivity index (χ4n) is 1.74. The largest absolute Gasteiger partial charge is 0.418 e. The molecule has 0 saturated carbocycles. The number of aromatic amines is 2. The second-order valence-corrected chi connectivity index (χ2v) is 6.51. The number of halogens is 4. The van der Waals surface area contributed by atoms with E-state index in [1.807, 2.05) is 10.1 Å². The van der Waals surface area contributed by atoms with Gasteiger partial charge < -0.3 is 5.32 Å². The van der Waals surface area contributed by atoms with Crippen LogP contribution >= 0.6 is 23.4 Å². The third kappa shape index (κ3) is 4.86. The minimum atomic E-state index is -4.68. The molecule has 1 unspecified atom stereocenters. The molecular weight excluding hydrogens is 385 g/mol. The van der Waals surface area contributed by atoms with Crippen LogP contribution in [-0.4, -0.2) is 26.3 Å². The van der Waals surface area contributed by atoms with Gasteiger partial charge in [-0.1, -0.05) is 23.4 Å². The van der Waals surface area contributed by atoms with Gasteiger partial charge in [0.05, 0.1) is 16.5 Å². The van der Waals surface area contributed by atoms with Crippen molar-refractivity contribution in [1.82, 2.24) is 15.2 Å². The van der Waals surface area contributed by atoms with Crippen LogP contribution in [0.5, 0.6) is 0 Å². The molecule has 1 aromatic carbocycles. The van der Waals surface area contributed by atoms with E-state index in [1.54, 1.807) is 0 Å². The van der Waals surface area contributed by atoms with Crippen molar-refractivity contribution in [3.63, 3.8) is 0 Å². The van der Waals surface area contributed by atoms with Gasteiger partial charge in [0.1, 0.15) is 0 Å². The molecule has 7 nitrogen and oxygen atoms in total. The summed E-state index contributed by atoms with van der Waals surface area (Å²) in [5.41, 5.74) is -3.18. The average Bonchev–Trinajstić information content (AvgIpc) is 2.48. The summed E-state index contributed by atoms with van der Waals surface area (Å²) in [7, 11) is 0. The van der Waals surface area contributed by atoms with Gasteiger partial charge in [-0.3, -0.25) is 14.6 Å². The third-order valence-electron chi connectivity index (χ3n) is 2.88. The van der Waals surface area contributed by atoms with E-state index in [0.29, 0.717) is 11.8 Å². The Bertz CT molecular complexity index is 912. The molecule has 1 aromatic heterocycles. The molecule has 0 spiro atoms. The lowest BCUT2D eigenvalue weighted by Gasteiger charge is -2.16. The summed E-state index contributed by atoms with van der Waals surface area (Å²) in [4.78, 5) is 36.5. The van der Waals surface area contributed by atoms with Crippen molar-refractivity contribution < 1.29 is 18.0 Å². The molecule has 2 aromatic rings. The van der Waals surface area contributed by atoms with Gasteiger partial charge in [0.2, 0.25) is 5.91 Å². The zero-order chi connectivity index (χ0) is 18.8. The van der Waals surface area contributed by atoms with Crippen molar-refractivity contribution in [1.29, 1.82) is 0 Å². The second-order valence-electron chi connectivity index (χ2n) is 4.75. The quantitative estimate of drug-likeness (QED) is 0.689. The van der Waals surface area contributed by atoms with Crippen molar-refractivity contribution in [3.8, 4) is 0 Å². The van der Waals surface area contributed by atoms with Crippen molar-refractivity contribution in [2.45, 2.75) is 23.4 Å². The number of H-pyrrole nitrogens is 2. The molecule has 0 aliphatic carbocycles. The standard InChI is InChI=1S/C13H10ClF3N4O3S/c1-5(25-11-10(23)19-12(24)21-20-11)9(22)18-8-4-6(14)2-3-7(8)13(15,16)17/h2-5H,1H3,(H,18,22)(H2,19,21,23,24). The van der Waals surface area contributed by atoms with Crippen LogP contribution in [0.25, 0.3) is 0 Å². The molecule has 0 aliphatic rings. The summed E-state index contributed by atoms with van der Waals surface area (Å²) in [6.45, 7) is 1.37. The number of thioether (sulfide) groups is 1. The fraction of sp³-hybridized carbons (Fsp3) is 0.231. The maximum absolute atomic E-state index is 13.0. The van der Waals surface area contributed by atoms with Crippen LogP contribution in [0, 0.1) is 0 Å². The molecule has 134 valence electrons. The van der Waals surface area contributed by atoms with Crippen LogP contribution in [0.15, 0.2) is 32.8 Å². The lowest BCUT2D eigenvalue weighted by molar-refractivity contribution is -0.137. The number of carbonyl (C=O) groups is 1. The summed E-state index contributed by atoms with van der Waals surface area (Å²) in [5, 5.41) is 6.44. The van der Waals surface area contributed by atoms with Gasteiger partial charge in [0, 0.05) is 5.02 Å². The summed E-state index contributed by atoms with van der Waals surface area (Å²) in [5.74, 6) is -0.801. The number of aromatic nitrogens is 3. The number of alkyl halides is 3. The Morgan fingerprint density at radius 2 is 2.04 bits per heavy atom. The Kier molecular flexibility index (Phi) is 5.58. The number of rotatable bonds is 4. The molecule has 0 aliphatic heterocycles. The molecule has 25 heavy (non-hydrogen) atoms. The lowest BCUT2D eigenvalue weighted by atomic mass is 10.1. The summed E-state index contributed by atoms with van der Waals surface area (Å²) >= 11 is 6.35. The highest BCUT2D eigenvalue weighted by atomic mass is 35.5. The van der Waals surface area contributed by atoms with E-state index in [0.717, 1.165) is 18.2 Å². The third-order valence-corrected chi connectivity index (χ3v) is 4.19. The summed E-state index contributed by atoms with van der Waals surface area (Å²) in [6, 6.07) is 2.79. The fourth-order valence-corrected chi connectivity index (χ4v) is 2.67. The van der Waals surface area contributed by atoms with Gasteiger partial charge in [-0.15, -0.1) is 0 Å². The van der Waals surface area contributed by atoms with Gasteiger partial charge in [-0.2, -0.15) is 18.3 Å². The van der Waals surface area contributed by atoms with E-state index in [2.05, 4.69) is 10.4 Å². The number of hydrogen-bond donors (Lipinski definition) is 3. The molecule has 1 heterocycles. The Morgan fingerprint density at radius 3 is 2.64 bits per heavy atom. The predicted molar refractivity (Wildman–Crippen MR) is 85.9 cm³/mol. The van der Waals surface area contributed by atoms with Crippen LogP contribution in [0.1, 0.15) is 12.5 Å². The van der Waals surface area contributed by atoms with Gasteiger partial charge in [-0.25, -0.2) is 9.89 Å². The highest BCUT2D eigenvalue weighted by Gasteiger charge is 2.34. The highest BCUT2D eigenvalue weighted by molar-refractivity contribution is 8.00. The maximum atomic E-state index is 13.0. The number of amides is 1. The van der Waals surface area contributed by atoms with Crippen molar-refractivity contribution in [2.24, 2.45) is 0 Å². The predicted octanol–water partition coefficient (Wildman–Crippen LogP) is 2.25. The van der Waals surface area contributed by atoms with E-state index < -0.39 is 39.8 Å². The number of nitrogens with zero attached hydrogens (tertiary/aromatic N) is 1. The Morgan fingerprint density at radius 1 is 1.36 bits per heavy atom. The molecule has 1 amide bonds. The number of carbonyl (C=O) groups excluding carboxylic acids is 1. The smallest absolute Gasteiger partial charge is 0.324 e. The number of nitrogens with one attached hydrogen (secondary N) is 3. The van der Waals surface area contributed by atoms with E-state index in [-0.39, 0.29) is 10.0 Å². The first-order chi connectivity index (χ1) is 11.6. The van der Waals surface area contributed by atoms with Gasteiger partial charge in [0.25, 0.3) is 5.56 Å². The number of benzene rings is 1. The van der Waals surface area contributed by atoms with E-state index in [9.17, 15) is 27.6 Å². The molecule has 2 rings (SSSR count). The highest BCUT2D eigenvalue weighted by Crippen LogP contribution is 2.36. The topological polar surface area (TPSA) is 108 Å². The van der Waals surface area contributed by atoms with Crippen molar-refractivity contribution in [3.05, 3.63) is 49.6 Å². The van der Waals surface area contributed by atoms with Crippen LogP contribution in [0.3, 0.4) is 0 Å². The molecular formula is C13H10ClF3N4O3S. The van der Waals surface area contributed by atoms with Crippen molar-refractivity contribution >= 4 is 35.0 Å². The Balaban J connectivity index is 2.20. The first-order valence-corrected chi connectivity index (χ1v) is 7.87. The van der Waals surface area contributed by atoms with E-state index in [4.69, 9.17) is 11.6 Å². The van der Waals surface area contributed by atoms with Crippen molar-refractivity contribution in [2.75, 3.05) is 5.32 Å². The number of anilines is 1. The second kappa shape index (κ2) is 7.31. The zero-order valence-electron chi connectivity index (χ0n) is 12.4. The Labute approximate surface area is 147 Å². The summed E-state index contributed by atoms with van der Waals surface area (Å²) < 4.78 is 38.9. The van der Waals surface area contributed by atoms with Crippen LogP contribution < -0.4 is 16.6 Å². The molecule has 0 radical (unpaired) electrons. The molecule has 0 saturated heterocycles. The van der Waals surface area contributed by atoms with Crippen LogP contribution in [0.4, 0.5) is 18.9 Å². The first-order valence-electron chi connectivity index (χ1n) is 6.61. The normalized spacial score (nSPS) is 12.7. The Hall–Kier alpha value is -2.27. The minimum Gasteiger partial charge on any atom is -0.324 e. The lowest BCUT2D eigenvalue weighted by Crippen LogP contribution is -2.28. The van der Waals surface area contributed by atoms with Crippen LogP contribution in [0.2, 0.25) is 5.02 Å². The SMILES string of the molecule is CC(Sc1n[nH]c(=O)[nH]c1=O)C(=O)Nc1cc(Cl)ccc1C(F)(F)F. The molecule has 12 heteroatoms.